The van der Waals surface area contributed by atoms with E-state index >= 15 is 0 Å². The van der Waals surface area contributed by atoms with Gasteiger partial charge in [0.25, 0.3) is 0 Å². The molecule has 0 amide bonds. The smallest absolute Gasteiger partial charge is 0.417 e. The number of imidazole rings is 1. The van der Waals surface area contributed by atoms with E-state index in [2.05, 4.69) is 14.5 Å². The molecular weight excluding hydrogens is 359 g/mol. The van der Waals surface area contributed by atoms with Gasteiger partial charge < -0.3 is 14.4 Å². The SMILES string of the molecule is O[C@H]1CC[C@@H](n2cnc3ccc(Oc4ccc(C(F)(F)F)cn4)cc32)CC1. The fourth-order valence-corrected chi connectivity index (χ4v) is 3.43. The largest absolute Gasteiger partial charge is 0.439 e. The van der Waals surface area contributed by atoms with Gasteiger partial charge in [0, 0.05) is 24.4 Å². The molecule has 3 aromatic rings. The standard InChI is InChI=1S/C19H18F3N3O2/c20-19(21,22)12-1-8-18(23-10-12)27-15-6-7-16-17(9-15)25(11-24-16)13-2-4-14(26)5-3-13/h1,6-11,13-14,26H,2-5H2/t13-,14+. The minimum absolute atomic E-state index is 0.0919. The highest BCUT2D eigenvalue weighted by atomic mass is 19.4. The molecule has 0 spiro atoms. The minimum atomic E-state index is -4.43. The predicted octanol–water partition coefficient (Wildman–Crippen LogP) is 4.72. The van der Waals surface area contributed by atoms with Crippen molar-refractivity contribution in [2.24, 2.45) is 0 Å². The molecule has 1 aromatic carbocycles. The third kappa shape index (κ3) is 3.75. The maximum absolute atomic E-state index is 12.6. The van der Waals surface area contributed by atoms with Crippen LogP contribution in [0.2, 0.25) is 0 Å². The zero-order chi connectivity index (χ0) is 19.0. The Hall–Kier alpha value is -2.61. The Kier molecular flexibility index (Phi) is 4.51. The normalized spacial score (nSPS) is 20.7. The second-order valence-corrected chi connectivity index (χ2v) is 6.75. The van der Waals surface area contributed by atoms with Crippen LogP contribution in [0.3, 0.4) is 0 Å². The molecule has 0 unspecified atom stereocenters. The van der Waals surface area contributed by atoms with E-state index in [1.54, 1.807) is 12.4 Å². The quantitative estimate of drug-likeness (QED) is 0.718. The van der Waals surface area contributed by atoms with Crippen LogP contribution in [0.1, 0.15) is 37.3 Å². The molecule has 4 rings (SSSR count). The van der Waals surface area contributed by atoms with Crippen molar-refractivity contribution in [2.75, 3.05) is 0 Å². The molecule has 142 valence electrons. The van der Waals surface area contributed by atoms with E-state index in [4.69, 9.17) is 4.74 Å². The van der Waals surface area contributed by atoms with Crippen LogP contribution in [0.5, 0.6) is 11.6 Å². The number of nitrogens with zero attached hydrogens (tertiary/aromatic N) is 3. The Bertz CT molecular complexity index is 930. The number of fused-ring (bicyclic) bond motifs is 1. The van der Waals surface area contributed by atoms with E-state index < -0.39 is 11.7 Å². The predicted molar refractivity (Wildman–Crippen MR) is 92.6 cm³/mol. The number of aromatic nitrogens is 3. The van der Waals surface area contributed by atoms with Crippen molar-refractivity contribution in [1.82, 2.24) is 14.5 Å². The van der Waals surface area contributed by atoms with Gasteiger partial charge in [-0.3, -0.25) is 0 Å². The summed E-state index contributed by atoms with van der Waals surface area (Å²) in [6.45, 7) is 0. The van der Waals surface area contributed by atoms with E-state index in [-0.39, 0.29) is 18.0 Å². The first-order valence-electron chi connectivity index (χ1n) is 8.76. The number of benzene rings is 1. The van der Waals surface area contributed by atoms with Gasteiger partial charge in [0.05, 0.1) is 29.0 Å². The first kappa shape index (κ1) is 17.8. The molecule has 8 heteroatoms. The molecule has 5 nitrogen and oxygen atoms in total. The van der Waals surface area contributed by atoms with Gasteiger partial charge in [-0.1, -0.05) is 0 Å². The van der Waals surface area contributed by atoms with Crippen LogP contribution in [0.25, 0.3) is 11.0 Å². The summed E-state index contributed by atoms with van der Waals surface area (Å²) in [5.74, 6) is 0.571. The first-order chi connectivity index (χ1) is 12.9. The van der Waals surface area contributed by atoms with Crippen LogP contribution >= 0.6 is 0 Å². The third-order valence-electron chi connectivity index (χ3n) is 4.89. The summed E-state index contributed by atoms with van der Waals surface area (Å²) >= 11 is 0. The Morgan fingerprint density at radius 2 is 1.81 bits per heavy atom. The summed E-state index contributed by atoms with van der Waals surface area (Å²) in [6, 6.07) is 7.74. The lowest BCUT2D eigenvalue weighted by molar-refractivity contribution is -0.137. The molecule has 0 aliphatic heterocycles. The lowest BCUT2D eigenvalue weighted by Gasteiger charge is -2.26. The Balaban J connectivity index is 1.57. The maximum atomic E-state index is 12.6. The van der Waals surface area contributed by atoms with E-state index in [0.717, 1.165) is 49.0 Å². The molecule has 1 N–H and O–H groups in total. The highest BCUT2D eigenvalue weighted by Gasteiger charge is 2.30. The van der Waals surface area contributed by atoms with Gasteiger partial charge in [-0.25, -0.2) is 9.97 Å². The van der Waals surface area contributed by atoms with Crippen LogP contribution in [0.15, 0.2) is 42.9 Å². The average molecular weight is 377 g/mol. The number of alkyl halides is 3. The maximum Gasteiger partial charge on any atom is 0.417 e. The molecule has 1 saturated carbocycles. The van der Waals surface area contributed by atoms with Crippen LogP contribution in [0.4, 0.5) is 13.2 Å². The Labute approximate surface area is 153 Å². The molecule has 1 aliphatic carbocycles. The van der Waals surface area contributed by atoms with Gasteiger partial charge in [0.1, 0.15) is 5.75 Å². The molecule has 0 atom stereocenters. The fourth-order valence-electron chi connectivity index (χ4n) is 3.43. The van der Waals surface area contributed by atoms with Gasteiger partial charge in [-0.2, -0.15) is 13.2 Å². The number of hydrogen-bond acceptors (Lipinski definition) is 4. The molecule has 2 heterocycles. The minimum Gasteiger partial charge on any atom is -0.439 e. The highest BCUT2D eigenvalue weighted by molar-refractivity contribution is 5.77. The number of hydrogen-bond donors (Lipinski definition) is 1. The van der Waals surface area contributed by atoms with Crippen LogP contribution < -0.4 is 4.74 Å². The van der Waals surface area contributed by atoms with Crippen LogP contribution in [-0.4, -0.2) is 25.7 Å². The van der Waals surface area contributed by atoms with E-state index in [9.17, 15) is 18.3 Å². The summed E-state index contributed by atoms with van der Waals surface area (Å²) in [5.41, 5.74) is 0.887. The molecule has 0 radical (unpaired) electrons. The first-order valence-corrected chi connectivity index (χ1v) is 8.76. The zero-order valence-corrected chi connectivity index (χ0v) is 14.4. The molecular formula is C19H18F3N3O2. The summed E-state index contributed by atoms with van der Waals surface area (Å²) in [7, 11) is 0. The Morgan fingerprint density at radius 1 is 1.04 bits per heavy atom. The van der Waals surface area contributed by atoms with Crippen molar-refractivity contribution in [3.63, 3.8) is 0 Å². The van der Waals surface area contributed by atoms with Gasteiger partial charge in [-0.05, 0) is 43.9 Å². The van der Waals surface area contributed by atoms with Gasteiger partial charge in [0.2, 0.25) is 5.88 Å². The number of rotatable bonds is 3. The summed E-state index contributed by atoms with van der Waals surface area (Å²) in [4.78, 5) is 8.14. The monoisotopic (exact) mass is 377 g/mol. The number of aliphatic hydroxyl groups excluding tert-OH is 1. The van der Waals surface area contributed by atoms with Crippen molar-refractivity contribution in [2.45, 2.75) is 44.0 Å². The number of aliphatic hydroxyl groups is 1. The second-order valence-electron chi connectivity index (χ2n) is 6.75. The number of pyridine rings is 1. The molecule has 0 bridgehead atoms. The number of ether oxygens (including phenoxy) is 1. The summed E-state index contributed by atoms with van der Waals surface area (Å²) in [6.07, 6.45) is 1.14. The van der Waals surface area contributed by atoms with E-state index in [1.807, 2.05) is 12.1 Å². The van der Waals surface area contributed by atoms with Gasteiger partial charge in [0.15, 0.2) is 0 Å². The van der Waals surface area contributed by atoms with E-state index in [0.29, 0.717) is 5.75 Å². The third-order valence-corrected chi connectivity index (χ3v) is 4.89. The van der Waals surface area contributed by atoms with Crippen molar-refractivity contribution in [3.8, 4) is 11.6 Å². The Morgan fingerprint density at radius 3 is 2.48 bits per heavy atom. The average Bonchev–Trinajstić information content (AvgIpc) is 3.05. The molecule has 27 heavy (non-hydrogen) atoms. The fraction of sp³-hybridized carbons (Fsp3) is 0.368. The molecule has 1 fully saturated rings. The lowest BCUT2D eigenvalue weighted by atomic mass is 9.93. The van der Waals surface area contributed by atoms with Crippen molar-refractivity contribution in [1.29, 1.82) is 0 Å². The molecule has 0 saturated heterocycles. The van der Waals surface area contributed by atoms with Crippen LogP contribution in [0, 0.1) is 0 Å². The summed E-state index contributed by atoms with van der Waals surface area (Å²) in [5, 5.41) is 9.69. The van der Waals surface area contributed by atoms with Crippen LogP contribution in [-0.2, 0) is 6.18 Å². The zero-order valence-electron chi connectivity index (χ0n) is 14.4. The number of halogens is 3. The van der Waals surface area contributed by atoms with Gasteiger partial charge in [-0.15, -0.1) is 0 Å². The molecule has 1 aliphatic rings. The second kappa shape index (κ2) is 6.84. The highest BCUT2D eigenvalue weighted by Crippen LogP contribution is 2.33. The topological polar surface area (TPSA) is 60.2 Å². The van der Waals surface area contributed by atoms with Crippen molar-refractivity contribution in [3.05, 3.63) is 48.4 Å². The molecule has 2 aromatic heterocycles. The van der Waals surface area contributed by atoms with E-state index in [1.165, 1.54) is 6.07 Å². The van der Waals surface area contributed by atoms with Gasteiger partial charge >= 0.3 is 6.18 Å². The van der Waals surface area contributed by atoms with Crippen molar-refractivity contribution >= 4 is 11.0 Å². The lowest BCUT2D eigenvalue weighted by Crippen LogP contribution is -2.20. The summed E-state index contributed by atoms with van der Waals surface area (Å²) < 4.78 is 45.6. The van der Waals surface area contributed by atoms with Crippen molar-refractivity contribution < 1.29 is 23.0 Å².